The summed E-state index contributed by atoms with van der Waals surface area (Å²) in [6.07, 6.45) is 5.36. The lowest BCUT2D eigenvalue weighted by Crippen LogP contribution is -2.38. The van der Waals surface area contributed by atoms with Crippen LogP contribution in [0.5, 0.6) is 0 Å². The molecule has 0 N–H and O–H groups in total. The van der Waals surface area contributed by atoms with Gasteiger partial charge in [0.05, 0.1) is 17.1 Å². The number of aryl methyl sites for hydroxylation is 2. The predicted molar refractivity (Wildman–Crippen MR) is 102 cm³/mol. The van der Waals surface area contributed by atoms with Crippen molar-refractivity contribution in [3.63, 3.8) is 0 Å². The van der Waals surface area contributed by atoms with Crippen LogP contribution in [0.3, 0.4) is 0 Å². The molecule has 1 aliphatic heterocycles. The van der Waals surface area contributed by atoms with Gasteiger partial charge in [-0.2, -0.15) is 5.10 Å². The summed E-state index contributed by atoms with van der Waals surface area (Å²) in [5.74, 6) is 0.660. The van der Waals surface area contributed by atoms with Gasteiger partial charge in [-0.1, -0.05) is 20.8 Å². The molecule has 1 saturated heterocycles. The van der Waals surface area contributed by atoms with Gasteiger partial charge in [-0.05, 0) is 32.6 Å². The second-order valence-electron chi connectivity index (χ2n) is 8.38. The Hall–Kier alpha value is -2.24. The van der Waals surface area contributed by atoms with E-state index in [4.69, 9.17) is 0 Å². The molecule has 2 aromatic rings. The fraction of sp³-hybridized carbons (Fsp3) is 0.600. The molecule has 3 heterocycles. The average molecular weight is 355 g/mol. The van der Waals surface area contributed by atoms with Crippen molar-refractivity contribution < 1.29 is 4.79 Å². The first kappa shape index (κ1) is 18.5. The normalized spacial score (nSPS) is 17.8. The highest BCUT2D eigenvalue weighted by Gasteiger charge is 2.33. The Morgan fingerprint density at radius 1 is 1.23 bits per heavy atom. The predicted octanol–water partition coefficient (Wildman–Crippen LogP) is 2.93. The van der Waals surface area contributed by atoms with Crippen LogP contribution >= 0.6 is 0 Å². The largest absolute Gasteiger partial charge is 0.342 e. The van der Waals surface area contributed by atoms with Gasteiger partial charge in [0.1, 0.15) is 0 Å². The quantitative estimate of drug-likeness (QED) is 0.849. The Balaban J connectivity index is 1.81. The van der Waals surface area contributed by atoms with Gasteiger partial charge in [0.2, 0.25) is 5.91 Å². The summed E-state index contributed by atoms with van der Waals surface area (Å²) in [7, 11) is 1.95. The van der Waals surface area contributed by atoms with E-state index in [0.717, 1.165) is 54.3 Å². The Morgan fingerprint density at radius 3 is 2.54 bits per heavy atom. The third-order valence-corrected chi connectivity index (χ3v) is 5.22. The van der Waals surface area contributed by atoms with E-state index in [2.05, 4.69) is 22.0 Å². The Labute approximate surface area is 155 Å². The number of aromatic nitrogens is 4. The summed E-state index contributed by atoms with van der Waals surface area (Å²) in [5.41, 5.74) is 4.76. The second-order valence-corrected chi connectivity index (χ2v) is 8.38. The second kappa shape index (κ2) is 6.82. The number of carbonyl (C=O) groups excluding carboxylic acids is 1. The highest BCUT2D eigenvalue weighted by atomic mass is 16.2. The van der Waals surface area contributed by atoms with Crippen molar-refractivity contribution >= 4 is 5.91 Å². The van der Waals surface area contributed by atoms with Gasteiger partial charge >= 0.3 is 0 Å². The molecule has 6 heteroatoms. The molecule has 1 amide bonds. The molecule has 2 aromatic heterocycles. The van der Waals surface area contributed by atoms with Crippen molar-refractivity contribution in [2.24, 2.45) is 18.4 Å². The number of nitrogens with zero attached hydrogens (tertiary/aromatic N) is 5. The van der Waals surface area contributed by atoms with E-state index in [-0.39, 0.29) is 11.3 Å². The zero-order chi connectivity index (χ0) is 19.1. The summed E-state index contributed by atoms with van der Waals surface area (Å²) in [5, 5.41) is 4.52. The van der Waals surface area contributed by atoms with Gasteiger partial charge in [-0.15, -0.1) is 0 Å². The van der Waals surface area contributed by atoms with Crippen molar-refractivity contribution in [1.29, 1.82) is 0 Å². The highest BCUT2D eigenvalue weighted by molar-refractivity contribution is 5.81. The van der Waals surface area contributed by atoms with Crippen LogP contribution in [0.4, 0.5) is 0 Å². The van der Waals surface area contributed by atoms with Gasteiger partial charge in [-0.3, -0.25) is 19.4 Å². The number of rotatable bonds is 3. The van der Waals surface area contributed by atoms with E-state index in [1.807, 2.05) is 44.3 Å². The van der Waals surface area contributed by atoms with E-state index in [1.54, 1.807) is 12.4 Å². The minimum atomic E-state index is -0.323. The van der Waals surface area contributed by atoms with Crippen LogP contribution in [0.15, 0.2) is 12.4 Å². The lowest BCUT2D eigenvalue weighted by atomic mass is 9.94. The lowest BCUT2D eigenvalue weighted by molar-refractivity contribution is -0.138. The molecule has 6 nitrogen and oxygen atoms in total. The van der Waals surface area contributed by atoms with Gasteiger partial charge in [0.15, 0.2) is 0 Å². The van der Waals surface area contributed by atoms with E-state index < -0.39 is 0 Å². The summed E-state index contributed by atoms with van der Waals surface area (Å²) < 4.78 is 1.89. The topological polar surface area (TPSA) is 63.9 Å². The number of likely N-dealkylation sites (tertiary alicyclic amines) is 1. The van der Waals surface area contributed by atoms with Crippen molar-refractivity contribution in [2.45, 2.75) is 47.5 Å². The maximum absolute atomic E-state index is 12.5. The van der Waals surface area contributed by atoms with Crippen LogP contribution < -0.4 is 0 Å². The molecule has 0 bridgehead atoms. The van der Waals surface area contributed by atoms with Crippen molar-refractivity contribution in [2.75, 3.05) is 13.1 Å². The van der Waals surface area contributed by atoms with Crippen LogP contribution in [0, 0.1) is 25.2 Å². The number of amides is 1. The van der Waals surface area contributed by atoms with E-state index in [9.17, 15) is 4.79 Å². The molecule has 140 valence electrons. The van der Waals surface area contributed by atoms with Crippen molar-refractivity contribution in [3.8, 4) is 11.3 Å². The first-order valence-corrected chi connectivity index (χ1v) is 9.28. The molecule has 26 heavy (non-hydrogen) atoms. The van der Waals surface area contributed by atoms with Gasteiger partial charge in [0, 0.05) is 49.2 Å². The summed E-state index contributed by atoms with van der Waals surface area (Å²) in [4.78, 5) is 23.8. The first-order chi connectivity index (χ1) is 12.2. The first-order valence-electron chi connectivity index (χ1n) is 9.28. The molecule has 0 aliphatic carbocycles. The number of hydrogen-bond donors (Lipinski definition) is 0. The minimum Gasteiger partial charge on any atom is -0.342 e. The fourth-order valence-electron chi connectivity index (χ4n) is 3.77. The molecule has 1 unspecified atom stereocenters. The van der Waals surface area contributed by atoms with Crippen LogP contribution in [-0.4, -0.2) is 43.6 Å². The molecule has 0 radical (unpaired) electrons. The Kier molecular flexibility index (Phi) is 4.86. The standard InChI is InChI=1S/C20H29N5O/c1-13-17(14(2)24(6)23-13)18-16(21-8-9-22-18)11-15-7-10-25(12-15)19(26)20(3,4)5/h8-9,15H,7,10-12H2,1-6H3. The summed E-state index contributed by atoms with van der Waals surface area (Å²) in [6.45, 7) is 11.7. The molecule has 1 fully saturated rings. The third-order valence-electron chi connectivity index (χ3n) is 5.22. The molecular weight excluding hydrogens is 326 g/mol. The van der Waals surface area contributed by atoms with Crippen LogP contribution in [0.25, 0.3) is 11.3 Å². The van der Waals surface area contributed by atoms with Gasteiger partial charge < -0.3 is 4.90 Å². The smallest absolute Gasteiger partial charge is 0.227 e. The Bertz CT molecular complexity index is 818. The lowest BCUT2D eigenvalue weighted by Gasteiger charge is -2.25. The maximum Gasteiger partial charge on any atom is 0.227 e. The maximum atomic E-state index is 12.5. The van der Waals surface area contributed by atoms with E-state index >= 15 is 0 Å². The molecule has 1 aliphatic rings. The molecule has 0 aromatic carbocycles. The molecule has 0 saturated carbocycles. The zero-order valence-corrected chi connectivity index (χ0v) is 16.7. The van der Waals surface area contributed by atoms with Crippen LogP contribution in [-0.2, 0) is 18.3 Å². The van der Waals surface area contributed by atoms with Crippen LogP contribution in [0.1, 0.15) is 44.3 Å². The Morgan fingerprint density at radius 2 is 1.92 bits per heavy atom. The van der Waals surface area contributed by atoms with E-state index in [1.165, 1.54) is 0 Å². The molecular formula is C20H29N5O. The fourth-order valence-corrected chi connectivity index (χ4v) is 3.77. The minimum absolute atomic E-state index is 0.235. The van der Waals surface area contributed by atoms with Crippen molar-refractivity contribution in [3.05, 3.63) is 29.5 Å². The highest BCUT2D eigenvalue weighted by Crippen LogP contribution is 2.30. The van der Waals surface area contributed by atoms with Crippen molar-refractivity contribution in [1.82, 2.24) is 24.6 Å². The number of carbonyl (C=O) groups is 1. The molecule has 0 spiro atoms. The molecule has 3 rings (SSSR count). The number of hydrogen-bond acceptors (Lipinski definition) is 4. The van der Waals surface area contributed by atoms with Gasteiger partial charge in [-0.25, -0.2) is 0 Å². The summed E-state index contributed by atoms with van der Waals surface area (Å²) >= 11 is 0. The molecule has 1 atom stereocenters. The average Bonchev–Trinajstić information content (AvgIpc) is 3.12. The zero-order valence-electron chi connectivity index (χ0n) is 16.7. The summed E-state index contributed by atoms with van der Waals surface area (Å²) in [6, 6.07) is 0. The SMILES string of the molecule is Cc1nn(C)c(C)c1-c1nccnc1CC1CCN(C(=O)C(C)(C)C)C1. The van der Waals surface area contributed by atoms with Crippen LogP contribution in [0.2, 0.25) is 0 Å². The van der Waals surface area contributed by atoms with E-state index in [0.29, 0.717) is 5.92 Å². The van der Waals surface area contributed by atoms with Gasteiger partial charge in [0.25, 0.3) is 0 Å². The third kappa shape index (κ3) is 3.50. The monoisotopic (exact) mass is 355 g/mol.